The first-order valence-corrected chi connectivity index (χ1v) is 14.3. The predicted molar refractivity (Wildman–Crippen MR) is 140 cm³/mol. The molecule has 6 rings (SSSR count). The summed E-state index contributed by atoms with van der Waals surface area (Å²) in [6.07, 6.45) is -0.0963. The predicted octanol–water partition coefficient (Wildman–Crippen LogP) is 5.89. The maximum absolute atomic E-state index is 14.0. The molecule has 0 bridgehead atoms. The maximum atomic E-state index is 14.0. The molecule has 2 N–H and O–H groups in total. The third-order valence-corrected chi connectivity index (χ3v) is 9.28. The van der Waals surface area contributed by atoms with E-state index < -0.39 is 11.7 Å². The van der Waals surface area contributed by atoms with E-state index >= 15 is 0 Å². The van der Waals surface area contributed by atoms with Crippen LogP contribution in [0.4, 0.5) is 24.8 Å². The van der Waals surface area contributed by atoms with Gasteiger partial charge in [0.1, 0.15) is 10.4 Å². The van der Waals surface area contributed by atoms with E-state index in [9.17, 15) is 18.0 Å². The summed E-state index contributed by atoms with van der Waals surface area (Å²) in [5.74, 6) is 0.736. The molecule has 2 aromatic heterocycles. The molecule has 0 saturated heterocycles. The number of aryl methyl sites for hydroxylation is 1. The van der Waals surface area contributed by atoms with Crippen LogP contribution in [-0.2, 0) is 25.6 Å². The van der Waals surface area contributed by atoms with Gasteiger partial charge in [-0.05, 0) is 61.1 Å². The topological polar surface area (TPSA) is 70.2 Å². The van der Waals surface area contributed by atoms with Crippen LogP contribution in [0.2, 0.25) is 0 Å². The van der Waals surface area contributed by atoms with E-state index in [1.807, 2.05) is 17.9 Å². The summed E-state index contributed by atoms with van der Waals surface area (Å²) in [7, 11) is 0. The van der Waals surface area contributed by atoms with Gasteiger partial charge in [0.25, 0.3) is 5.91 Å². The fourth-order valence-corrected chi connectivity index (χ4v) is 7.24. The van der Waals surface area contributed by atoms with Crippen molar-refractivity contribution in [1.29, 1.82) is 0 Å². The van der Waals surface area contributed by atoms with Gasteiger partial charge >= 0.3 is 6.18 Å². The molecule has 1 aliphatic carbocycles. The van der Waals surface area contributed by atoms with Crippen LogP contribution < -0.4 is 10.6 Å². The monoisotopic (exact) mass is 545 g/mol. The van der Waals surface area contributed by atoms with Crippen molar-refractivity contribution in [3.63, 3.8) is 0 Å². The van der Waals surface area contributed by atoms with E-state index in [1.54, 1.807) is 6.07 Å². The lowest BCUT2D eigenvalue weighted by molar-refractivity contribution is -0.137. The lowest BCUT2D eigenvalue weighted by Crippen LogP contribution is -2.33. The number of nitrogens with one attached hydrogen (secondary N) is 2. The van der Waals surface area contributed by atoms with Gasteiger partial charge in [-0.1, -0.05) is 13.0 Å². The number of nitrogens with zero attached hydrogens (tertiary/aromatic N) is 3. The number of carbonyl (C=O) groups excluding carboxylic acids is 1. The third-order valence-electron chi connectivity index (χ3n) is 7.00. The zero-order valence-corrected chi connectivity index (χ0v) is 21.9. The van der Waals surface area contributed by atoms with Crippen LogP contribution in [0.1, 0.15) is 51.7 Å². The highest BCUT2D eigenvalue weighted by molar-refractivity contribution is 7.99. The molecule has 0 radical (unpaired) electrons. The highest BCUT2D eigenvalue weighted by Crippen LogP contribution is 2.44. The van der Waals surface area contributed by atoms with Crippen LogP contribution in [0.15, 0.2) is 29.3 Å². The standard InChI is InChI=1S/C26H26F3N5OS2/c1-2-14-9-15-5-6-30-12-16(15)10-19(14)32-25-31-13-18(26(27,28)29)22(33-25)20-11-21-23(37-20)24(35)34(7-8-36-21)17-3-4-17/h9-11,13,17,30H,2-8,12H2,1H3,(H,31,32,33). The molecule has 1 saturated carbocycles. The van der Waals surface area contributed by atoms with Crippen molar-refractivity contribution in [3.05, 3.63) is 51.5 Å². The van der Waals surface area contributed by atoms with Gasteiger partial charge in [0.15, 0.2) is 0 Å². The van der Waals surface area contributed by atoms with E-state index in [1.165, 1.54) is 17.3 Å². The summed E-state index contributed by atoms with van der Waals surface area (Å²) in [5.41, 5.74) is 3.20. The van der Waals surface area contributed by atoms with E-state index in [4.69, 9.17) is 0 Å². The lowest BCUT2D eigenvalue weighted by Gasteiger charge is -2.21. The van der Waals surface area contributed by atoms with Crippen molar-refractivity contribution in [2.24, 2.45) is 0 Å². The van der Waals surface area contributed by atoms with Crippen molar-refractivity contribution < 1.29 is 18.0 Å². The Bertz CT molecular complexity index is 1370. The Labute approximate surface area is 221 Å². The zero-order chi connectivity index (χ0) is 25.7. The molecule has 2 aliphatic heterocycles. The highest BCUT2D eigenvalue weighted by atomic mass is 32.2. The Balaban J connectivity index is 1.39. The average molecular weight is 546 g/mol. The van der Waals surface area contributed by atoms with Crippen molar-refractivity contribution in [2.75, 3.05) is 24.2 Å². The number of anilines is 2. The summed E-state index contributed by atoms with van der Waals surface area (Å²) in [6, 6.07) is 6.14. The summed E-state index contributed by atoms with van der Waals surface area (Å²) in [5, 5.41) is 6.53. The van der Waals surface area contributed by atoms with Crippen LogP contribution in [0.5, 0.6) is 0 Å². The largest absolute Gasteiger partial charge is 0.420 e. The molecule has 3 aromatic rings. The van der Waals surface area contributed by atoms with E-state index in [0.29, 0.717) is 16.3 Å². The van der Waals surface area contributed by atoms with Gasteiger partial charge in [0.2, 0.25) is 5.95 Å². The summed E-state index contributed by atoms with van der Waals surface area (Å²) in [6.45, 7) is 4.39. The molecule has 6 nitrogen and oxygen atoms in total. The van der Waals surface area contributed by atoms with Gasteiger partial charge in [0, 0.05) is 41.7 Å². The average Bonchev–Trinajstić information content (AvgIpc) is 3.65. The molecule has 1 aromatic carbocycles. The highest BCUT2D eigenvalue weighted by Gasteiger charge is 2.39. The van der Waals surface area contributed by atoms with Gasteiger partial charge in [-0.2, -0.15) is 13.2 Å². The summed E-state index contributed by atoms with van der Waals surface area (Å²) < 4.78 is 42.1. The van der Waals surface area contributed by atoms with Crippen LogP contribution in [0, 0.1) is 0 Å². The van der Waals surface area contributed by atoms with Crippen molar-refractivity contribution >= 4 is 40.6 Å². The number of halogens is 3. The smallest absolute Gasteiger partial charge is 0.334 e. The molecular formula is C26H26F3N5OS2. The number of benzene rings is 1. The molecule has 0 atom stereocenters. The number of alkyl halides is 3. The van der Waals surface area contributed by atoms with Gasteiger partial charge in [-0.25, -0.2) is 9.97 Å². The Kier molecular flexibility index (Phi) is 6.40. The normalized spacial score (nSPS) is 17.8. The molecular weight excluding hydrogens is 519 g/mol. The Hall–Kier alpha value is -2.63. The number of carbonyl (C=O) groups is 1. The minimum atomic E-state index is -4.63. The Morgan fingerprint density at radius 1 is 1.22 bits per heavy atom. The number of rotatable bonds is 5. The molecule has 0 unspecified atom stereocenters. The number of thioether (sulfide) groups is 1. The van der Waals surface area contributed by atoms with Crippen molar-refractivity contribution in [3.8, 4) is 10.6 Å². The third kappa shape index (κ3) is 4.84. The summed E-state index contributed by atoms with van der Waals surface area (Å²) >= 11 is 2.61. The van der Waals surface area contributed by atoms with Crippen molar-refractivity contribution in [1.82, 2.24) is 20.2 Å². The Morgan fingerprint density at radius 2 is 2.05 bits per heavy atom. The second-order valence-electron chi connectivity index (χ2n) is 9.52. The van der Waals surface area contributed by atoms with Gasteiger partial charge in [-0.15, -0.1) is 23.1 Å². The first-order chi connectivity index (χ1) is 17.8. The molecule has 11 heteroatoms. The van der Waals surface area contributed by atoms with Crippen LogP contribution in [-0.4, -0.2) is 45.7 Å². The molecule has 3 aliphatic rings. The first kappa shape index (κ1) is 24.7. The number of aromatic nitrogens is 2. The van der Waals surface area contributed by atoms with E-state index in [2.05, 4.69) is 26.7 Å². The molecule has 1 fully saturated rings. The fourth-order valence-electron chi connectivity index (χ4n) is 4.92. The molecule has 37 heavy (non-hydrogen) atoms. The number of hydrogen-bond acceptors (Lipinski definition) is 7. The number of amides is 1. The van der Waals surface area contributed by atoms with Crippen LogP contribution >= 0.6 is 23.1 Å². The zero-order valence-electron chi connectivity index (χ0n) is 20.2. The molecule has 1 amide bonds. The lowest BCUT2D eigenvalue weighted by atomic mass is 9.96. The quantitative estimate of drug-likeness (QED) is 0.417. The van der Waals surface area contributed by atoms with Gasteiger partial charge in [0.05, 0.1) is 10.6 Å². The SMILES string of the molecule is CCc1cc2c(cc1Nc1ncc(C(F)(F)F)c(-c3cc4c(s3)C(=O)N(C3CC3)CCS4)n1)CNCC2. The molecule has 4 heterocycles. The number of hydrogen-bond donors (Lipinski definition) is 2. The number of fused-ring (bicyclic) bond motifs is 2. The Morgan fingerprint density at radius 3 is 2.81 bits per heavy atom. The van der Waals surface area contributed by atoms with Crippen molar-refractivity contribution in [2.45, 2.75) is 56.3 Å². The van der Waals surface area contributed by atoms with Gasteiger partial charge < -0.3 is 15.5 Å². The van der Waals surface area contributed by atoms with E-state index in [-0.39, 0.29) is 23.6 Å². The van der Waals surface area contributed by atoms with Gasteiger partial charge in [-0.3, -0.25) is 4.79 Å². The minimum Gasteiger partial charge on any atom is -0.334 e. The molecule has 0 spiro atoms. The van der Waals surface area contributed by atoms with Crippen LogP contribution in [0.3, 0.4) is 0 Å². The second kappa shape index (κ2) is 9.59. The maximum Gasteiger partial charge on any atom is 0.420 e. The van der Waals surface area contributed by atoms with Crippen LogP contribution in [0.25, 0.3) is 10.6 Å². The summed E-state index contributed by atoms with van der Waals surface area (Å²) in [4.78, 5) is 25.0. The second-order valence-corrected chi connectivity index (χ2v) is 11.7. The first-order valence-electron chi connectivity index (χ1n) is 12.5. The van der Waals surface area contributed by atoms with E-state index in [0.717, 1.165) is 83.8 Å². The molecule has 194 valence electrons. The minimum absolute atomic E-state index is 0.0880. The number of thiophene rings is 1. The fraction of sp³-hybridized carbons (Fsp3) is 0.423.